The van der Waals surface area contributed by atoms with Crippen LogP contribution in [0.1, 0.15) is 6.92 Å². The van der Waals surface area contributed by atoms with Gasteiger partial charge in [0, 0.05) is 0 Å². The van der Waals surface area contributed by atoms with Crippen molar-refractivity contribution in [2.45, 2.75) is 17.3 Å². The molecule has 0 spiro atoms. The molecule has 0 saturated heterocycles. The van der Waals surface area contributed by atoms with E-state index in [2.05, 4.69) is 15.0 Å². The van der Waals surface area contributed by atoms with Crippen LogP contribution < -0.4 is 4.74 Å². The Labute approximate surface area is 95.0 Å². The van der Waals surface area contributed by atoms with Gasteiger partial charge in [0.05, 0.1) is 7.11 Å². The van der Waals surface area contributed by atoms with Crippen LogP contribution in [0.25, 0.3) is 0 Å². The molecule has 1 N–H and O–H groups in total. The molecule has 15 heavy (non-hydrogen) atoms. The molecule has 0 amide bonds. The van der Waals surface area contributed by atoms with Gasteiger partial charge in [-0.25, -0.2) is 0 Å². The van der Waals surface area contributed by atoms with Crippen LogP contribution in [0.4, 0.5) is 0 Å². The number of carboxylic acid groups (broad SMARTS) is 1. The van der Waals surface area contributed by atoms with E-state index in [9.17, 15) is 4.79 Å². The Bertz CT molecular complexity index is 376. The lowest BCUT2D eigenvalue weighted by molar-refractivity contribution is -0.136. The van der Waals surface area contributed by atoms with Crippen LogP contribution in [-0.4, -0.2) is 38.4 Å². The topological polar surface area (TPSA) is 85.2 Å². The second kappa shape index (κ2) is 5.13. The summed E-state index contributed by atoms with van der Waals surface area (Å²) in [6.07, 6.45) is 0. The Morgan fingerprint density at radius 2 is 2.20 bits per heavy atom. The molecule has 0 fully saturated rings. The highest BCUT2D eigenvalue weighted by molar-refractivity contribution is 8.00. The van der Waals surface area contributed by atoms with Gasteiger partial charge in [0.25, 0.3) is 0 Å². The summed E-state index contributed by atoms with van der Waals surface area (Å²) in [5, 5.41) is 8.22. The van der Waals surface area contributed by atoms with Crippen molar-refractivity contribution in [3.05, 3.63) is 5.28 Å². The van der Waals surface area contributed by atoms with Crippen molar-refractivity contribution in [3.63, 3.8) is 0 Å². The number of carboxylic acids is 1. The number of hydrogen-bond donors (Lipinski definition) is 1. The molecule has 82 valence electrons. The van der Waals surface area contributed by atoms with Crippen LogP contribution in [0.5, 0.6) is 6.01 Å². The highest BCUT2D eigenvalue weighted by Crippen LogP contribution is 2.21. The largest absolute Gasteiger partial charge is 0.480 e. The van der Waals surface area contributed by atoms with E-state index < -0.39 is 11.2 Å². The monoisotopic (exact) mass is 249 g/mol. The lowest BCUT2D eigenvalue weighted by Crippen LogP contribution is -2.12. The first-order valence-electron chi connectivity index (χ1n) is 3.88. The number of nitrogens with zero attached hydrogens (tertiary/aromatic N) is 3. The van der Waals surface area contributed by atoms with Gasteiger partial charge < -0.3 is 9.84 Å². The molecule has 8 heteroatoms. The van der Waals surface area contributed by atoms with Gasteiger partial charge in [-0.1, -0.05) is 11.8 Å². The van der Waals surface area contributed by atoms with E-state index in [1.807, 2.05) is 0 Å². The van der Waals surface area contributed by atoms with Gasteiger partial charge in [-0.2, -0.15) is 15.0 Å². The number of rotatable bonds is 4. The molecular formula is C7H8ClN3O3S. The molecule has 0 aromatic carbocycles. The number of halogens is 1. The van der Waals surface area contributed by atoms with E-state index in [4.69, 9.17) is 21.4 Å². The third kappa shape index (κ3) is 3.52. The fourth-order valence-electron chi connectivity index (χ4n) is 0.667. The van der Waals surface area contributed by atoms with Crippen LogP contribution in [0.15, 0.2) is 5.16 Å². The second-order valence-electron chi connectivity index (χ2n) is 2.47. The summed E-state index contributed by atoms with van der Waals surface area (Å²) in [4.78, 5) is 21.9. The fourth-order valence-corrected chi connectivity index (χ4v) is 1.56. The zero-order valence-electron chi connectivity index (χ0n) is 7.97. The normalized spacial score (nSPS) is 12.2. The first-order valence-corrected chi connectivity index (χ1v) is 5.13. The van der Waals surface area contributed by atoms with E-state index in [-0.39, 0.29) is 16.5 Å². The SMILES string of the molecule is COc1nc(Cl)nc(SC(C)C(=O)O)n1. The minimum absolute atomic E-state index is 0.0260. The Hall–Kier alpha value is -1.08. The molecule has 1 rings (SSSR count). The van der Waals surface area contributed by atoms with Crippen molar-refractivity contribution in [3.8, 4) is 6.01 Å². The first-order chi connectivity index (χ1) is 7.02. The number of carbonyl (C=O) groups is 1. The summed E-state index contributed by atoms with van der Waals surface area (Å²) < 4.78 is 4.77. The summed E-state index contributed by atoms with van der Waals surface area (Å²) in [7, 11) is 1.39. The maximum Gasteiger partial charge on any atom is 0.321 e. The molecule has 0 bridgehead atoms. The van der Waals surface area contributed by atoms with Crippen molar-refractivity contribution in [2.75, 3.05) is 7.11 Å². The standard InChI is InChI=1S/C7H8ClN3O3S/c1-3(4(12)13)15-7-10-5(8)9-6(11-7)14-2/h3H,1-2H3,(H,12,13). The average molecular weight is 250 g/mol. The zero-order valence-corrected chi connectivity index (χ0v) is 9.54. The van der Waals surface area contributed by atoms with Gasteiger partial charge in [0.2, 0.25) is 5.28 Å². The smallest absolute Gasteiger partial charge is 0.321 e. The van der Waals surface area contributed by atoms with E-state index in [1.54, 1.807) is 0 Å². The average Bonchev–Trinajstić information content (AvgIpc) is 2.16. The molecule has 0 aliphatic heterocycles. The van der Waals surface area contributed by atoms with E-state index in [1.165, 1.54) is 14.0 Å². The molecule has 1 heterocycles. The minimum atomic E-state index is -0.949. The summed E-state index contributed by atoms with van der Waals surface area (Å²) >= 11 is 6.56. The number of thioether (sulfide) groups is 1. The van der Waals surface area contributed by atoms with Gasteiger partial charge in [0.1, 0.15) is 5.25 Å². The van der Waals surface area contributed by atoms with Gasteiger partial charge in [-0.05, 0) is 18.5 Å². The minimum Gasteiger partial charge on any atom is -0.480 e. The Morgan fingerprint density at radius 3 is 2.73 bits per heavy atom. The van der Waals surface area contributed by atoms with Crippen molar-refractivity contribution < 1.29 is 14.6 Å². The Kier molecular flexibility index (Phi) is 4.10. The summed E-state index contributed by atoms with van der Waals surface area (Å²) in [5.41, 5.74) is 0. The van der Waals surface area contributed by atoms with Crippen LogP contribution >= 0.6 is 23.4 Å². The molecule has 1 atom stereocenters. The summed E-state index contributed by atoms with van der Waals surface area (Å²) in [6.45, 7) is 1.52. The molecule has 1 aromatic heterocycles. The molecule has 0 aliphatic carbocycles. The van der Waals surface area contributed by atoms with Gasteiger partial charge in [-0.3, -0.25) is 4.79 Å². The van der Waals surface area contributed by atoms with E-state index in [0.717, 1.165) is 11.8 Å². The number of ether oxygens (including phenoxy) is 1. The maximum atomic E-state index is 10.6. The van der Waals surface area contributed by atoms with Crippen LogP contribution in [0.2, 0.25) is 5.28 Å². The van der Waals surface area contributed by atoms with Gasteiger partial charge >= 0.3 is 12.0 Å². The van der Waals surface area contributed by atoms with Crippen molar-refractivity contribution in [2.24, 2.45) is 0 Å². The van der Waals surface area contributed by atoms with Gasteiger partial charge in [0.15, 0.2) is 5.16 Å². The molecule has 0 aliphatic rings. The summed E-state index contributed by atoms with van der Waals surface area (Å²) in [6, 6.07) is 0.0649. The lowest BCUT2D eigenvalue weighted by Gasteiger charge is -2.05. The van der Waals surface area contributed by atoms with Crippen molar-refractivity contribution in [1.82, 2.24) is 15.0 Å². The first kappa shape index (κ1) is 12.0. The molecular weight excluding hydrogens is 242 g/mol. The molecule has 0 saturated carbocycles. The van der Waals surface area contributed by atoms with Crippen LogP contribution in [0, 0.1) is 0 Å². The second-order valence-corrected chi connectivity index (χ2v) is 4.12. The number of aromatic nitrogens is 3. The predicted octanol–water partition coefficient (Wildman–Crippen LogP) is 1.10. The van der Waals surface area contributed by atoms with E-state index in [0.29, 0.717) is 0 Å². The third-order valence-electron chi connectivity index (χ3n) is 1.38. The van der Waals surface area contributed by atoms with Crippen LogP contribution in [-0.2, 0) is 4.79 Å². The molecule has 0 radical (unpaired) electrons. The lowest BCUT2D eigenvalue weighted by atomic mass is 10.5. The molecule has 1 aromatic rings. The third-order valence-corrected chi connectivity index (χ3v) is 2.50. The fraction of sp³-hybridized carbons (Fsp3) is 0.429. The van der Waals surface area contributed by atoms with E-state index >= 15 is 0 Å². The highest BCUT2D eigenvalue weighted by atomic mass is 35.5. The van der Waals surface area contributed by atoms with Crippen LogP contribution in [0.3, 0.4) is 0 Å². The van der Waals surface area contributed by atoms with Crippen molar-refractivity contribution in [1.29, 1.82) is 0 Å². The number of aliphatic carboxylic acids is 1. The Balaban J connectivity index is 2.85. The summed E-state index contributed by atoms with van der Waals surface area (Å²) in [5.74, 6) is -0.949. The number of methoxy groups -OCH3 is 1. The molecule has 6 nitrogen and oxygen atoms in total. The quantitative estimate of drug-likeness (QED) is 0.800. The Morgan fingerprint density at radius 1 is 1.53 bits per heavy atom. The molecule has 1 unspecified atom stereocenters. The van der Waals surface area contributed by atoms with Gasteiger partial charge in [-0.15, -0.1) is 0 Å². The zero-order chi connectivity index (χ0) is 11.4. The highest BCUT2D eigenvalue weighted by Gasteiger charge is 2.15. The maximum absolute atomic E-state index is 10.6. The number of hydrogen-bond acceptors (Lipinski definition) is 6. The predicted molar refractivity (Wildman–Crippen MR) is 54.3 cm³/mol. The van der Waals surface area contributed by atoms with Crippen molar-refractivity contribution >= 4 is 29.3 Å².